The van der Waals surface area contributed by atoms with E-state index in [0.29, 0.717) is 11.6 Å². The van der Waals surface area contributed by atoms with Crippen molar-refractivity contribution >= 4 is 41.9 Å². The van der Waals surface area contributed by atoms with E-state index >= 15 is 0 Å². The molecular formula is C14H10Br2F3NO2S. The lowest BCUT2D eigenvalue weighted by molar-refractivity contribution is -0.137. The van der Waals surface area contributed by atoms with Crippen LogP contribution < -0.4 is 4.72 Å². The molecule has 2 aromatic rings. The zero-order chi connectivity index (χ0) is 17.3. The van der Waals surface area contributed by atoms with Crippen LogP contribution in [0.3, 0.4) is 0 Å². The van der Waals surface area contributed by atoms with Crippen molar-refractivity contribution in [3.8, 4) is 0 Å². The zero-order valence-electron chi connectivity index (χ0n) is 11.4. The highest BCUT2D eigenvalue weighted by Gasteiger charge is 2.32. The third kappa shape index (κ3) is 5.03. The SMILES string of the molecule is O=S(=O)(NCc1ccc(Br)cc1)c1cc(Br)cc(C(F)(F)F)c1. The number of halogens is 5. The Morgan fingerprint density at radius 2 is 1.57 bits per heavy atom. The van der Waals surface area contributed by atoms with Crippen LogP contribution in [0.2, 0.25) is 0 Å². The fraction of sp³-hybridized carbons (Fsp3) is 0.143. The molecule has 1 N–H and O–H groups in total. The van der Waals surface area contributed by atoms with Gasteiger partial charge in [0.05, 0.1) is 10.5 Å². The molecule has 0 aliphatic rings. The van der Waals surface area contributed by atoms with E-state index in [-0.39, 0.29) is 11.0 Å². The van der Waals surface area contributed by atoms with Crippen LogP contribution in [0.15, 0.2) is 56.3 Å². The summed E-state index contributed by atoms with van der Waals surface area (Å²) >= 11 is 6.16. The molecule has 0 fully saturated rings. The Kier molecular flexibility index (Phi) is 5.55. The quantitative estimate of drug-likeness (QED) is 0.700. The Balaban J connectivity index is 2.25. The lowest BCUT2D eigenvalue weighted by atomic mass is 10.2. The molecule has 0 radical (unpaired) electrons. The van der Waals surface area contributed by atoms with E-state index in [1.807, 2.05) is 0 Å². The van der Waals surface area contributed by atoms with E-state index in [2.05, 4.69) is 36.6 Å². The van der Waals surface area contributed by atoms with Crippen LogP contribution in [0.4, 0.5) is 13.2 Å². The smallest absolute Gasteiger partial charge is 0.207 e. The Bertz CT molecular complexity index is 806. The van der Waals surface area contributed by atoms with Gasteiger partial charge in [0.2, 0.25) is 10.0 Å². The fourth-order valence-electron chi connectivity index (χ4n) is 1.75. The lowest BCUT2D eigenvalue weighted by Crippen LogP contribution is -2.23. The van der Waals surface area contributed by atoms with Crippen molar-refractivity contribution in [1.29, 1.82) is 0 Å². The van der Waals surface area contributed by atoms with E-state index in [0.717, 1.165) is 16.6 Å². The first kappa shape index (κ1) is 18.4. The normalized spacial score (nSPS) is 12.4. The van der Waals surface area contributed by atoms with Gasteiger partial charge in [-0.25, -0.2) is 13.1 Å². The van der Waals surface area contributed by atoms with Crippen LogP contribution in [0.5, 0.6) is 0 Å². The van der Waals surface area contributed by atoms with Crippen LogP contribution in [0, 0.1) is 0 Å². The van der Waals surface area contributed by atoms with E-state index in [4.69, 9.17) is 0 Å². The van der Waals surface area contributed by atoms with Crippen molar-refractivity contribution in [2.24, 2.45) is 0 Å². The molecule has 0 aliphatic carbocycles. The van der Waals surface area contributed by atoms with Crippen LogP contribution in [-0.2, 0) is 22.7 Å². The van der Waals surface area contributed by atoms with Crippen molar-refractivity contribution in [2.75, 3.05) is 0 Å². The molecule has 0 unspecified atom stereocenters. The summed E-state index contributed by atoms with van der Waals surface area (Å²) in [6, 6.07) is 9.44. The minimum absolute atomic E-state index is 0.0243. The molecule has 0 aromatic heterocycles. The highest BCUT2D eigenvalue weighted by Crippen LogP contribution is 2.33. The molecule has 0 aliphatic heterocycles. The lowest BCUT2D eigenvalue weighted by Gasteiger charge is -2.11. The molecule has 0 saturated heterocycles. The Hall–Kier alpha value is -0.900. The molecule has 124 valence electrons. The number of rotatable bonds is 4. The number of hydrogen-bond acceptors (Lipinski definition) is 2. The van der Waals surface area contributed by atoms with Gasteiger partial charge in [-0.1, -0.05) is 44.0 Å². The summed E-state index contributed by atoms with van der Waals surface area (Å²) in [5.74, 6) is 0. The Morgan fingerprint density at radius 1 is 0.957 bits per heavy atom. The van der Waals surface area contributed by atoms with Gasteiger partial charge < -0.3 is 0 Å². The zero-order valence-corrected chi connectivity index (χ0v) is 15.4. The molecule has 0 atom stereocenters. The average molecular weight is 473 g/mol. The largest absolute Gasteiger partial charge is 0.416 e. The number of nitrogens with one attached hydrogen (secondary N) is 1. The molecule has 3 nitrogen and oxygen atoms in total. The number of hydrogen-bond donors (Lipinski definition) is 1. The van der Waals surface area contributed by atoms with Crippen molar-refractivity contribution in [1.82, 2.24) is 4.72 Å². The standard InChI is InChI=1S/C14H10Br2F3NO2S/c15-11-3-1-9(2-4-11)8-20-23(21,22)13-6-10(14(17,18)19)5-12(16)7-13/h1-7,20H,8H2. The second-order valence-corrected chi connectivity index (χ2v) is 8.22. The van der Waals surface area contributed by atoms with Gasteiger partial charge in [-0.15, -0.1) is 0 Å². The second-order valence-electron chi connectivity index (χ2n) is 4.62. The molecule has 23 heavy (non-hydrogen) atoms. The first-order valence-corrected chi connectivity index (χ1v) is 9.27. The first-order chi connectivity index (χ1) is 10.6. The molecule has 0 saturated carbocycles. The number of sulfonamides is 1. The van der Waals surface area contributed by atoms with Crippen molar-refractivity contribution < 1.29 is 21.6 Å². The van der Waals surface area contributed by atoms with Gasteiger partial charge in [0.25, 0.3) is 0 Å². The summed E-state index contributed by atoms with van der Waals surface area (Å²) in [6.07, 6.45) is -4.63. The van der Waals surface area contributed by atoms with Gasteiger partial charge in [-0.3, -0.25) is 0 Å². The van der Waals surface area contributed by atoms with Crippen molar-refractivity contribution in [2.45, 2.75) is 17.6 Å². The van der Waals surface area contributed by atoms with Gasteiger partial charge in [-0.05, 0) is 35.9 Å². The van der Waals surface area contributed by atoms with Gasteiger partial charge >= 0.3 is 6.18 Å². The monoisotopic (exact) mass is 471 g/mol. The summed E-state index contributed by atoms with van der Waals surface area (Å²) in [5, 5.41) is 0. The maximum absolute atomic E-state index is 12.8. The molecule has 0 bridgehead atoms. The van der Waals surface area contributed by atoms with Crippen LogP contribution in [-0.4, -0.2) is 8.42 Å². The van der Waals surface area contributed by atoms with E-state index in [1.165, 1.54) is 0 Å². The van der Waals surface area contributed by atoms with Gasteiger partial charge in [0.15, 0.2) is 0 Å². The number of alkyl halides is 3. The summed E-state index contributed by atoms with van der Waals surface area (Å²) in [4.78, 5) is -0.448. The third-order valence-corrected chi connectivity index (χ3v) is 5.26. The summed E-state index contributed by atoms with van der Waals surface area (Å²) in [5.41, 5.74) is -0.348. The first-order valence-electron chi connectivity index (χ1n) is 6.20. The molecule has 2 aromatic carbocycles. The second kappa shape index (κ2) is 6.92. The van der Waals surface area contributed by atoms with Crippen molar-refractivity contribution in [3.05, 3.63) is 62.5 Å². The van der Waals surface area contributed by atoms with Crippen LogP contribution in [0.25, 0.3) is 0 Å². The van der Waals surface area contributed by atoms with E-state index in [9.17, 15) is 21.6 Å². The van der Waals surface area contributed by atoms with Gasteiger partial charge in [-0.2, -0.15) is 13.2 Å². The fourth-order valence-corrected chi connectivity index (χ4v) is 3.74. The Labute approximate surface area is 148 Å². The highest BCUT2D eigenvalue weighted by atomic mass is 79.9. The number of benzene rings is 2. The maximum atomic E-state index is 12.8. The molecule has 0 heterocycles. The van der Waals surface area contributed by atoms with E-state index < -0.39 is 26.7 Å². The third-order valence-electron chi connectivity index (χ3n) is 2.89. The minimum Gasteiger partial charge on any atom is -0.207 e. The summed E-state index contributed by atoms with van der Waals surface area (Å²) < 4.78 is 65.9. The minimum atomic E-state index is -4.63. The summed E-state index contributed by atoms with van der Waals surface area (Å²) in [6.45, 7) is -0.0243. The average Bonchev–Trinajstić information content (AvgIpc) is 2.45. The van der Waals surface area contributed by atoms with Crippen LogP contribution in [0.1, 0.15) is 11.1 Å². The van der Waals surface area contributed by atoms with E-state index in [1.54, 1.807) is 24.3 Å². The molecule has 0 spiro atoms. The maximum Gasteiger partial charge on any atom is 0.416 e. The predicted octanol–water partition coefficient (Wildman–Crippen LogP) is 4.71. The predicted molar refractivity (Wildman–Crippen MR) is 87.3 cm³/mol. The van der Waals surface area contributed by atoms with Crippen molar-refractivity contribution in [3.63, 3.8) is 0 Å². The molecule has 9 heteroatoms. The highest BCUT2D eigenvalue weighted by molar-refractivity contribution is 9.10. The molecular weight excluding hydrogens is 463 g/mol. The van der Waals surface area contributed by atoms with Gasteiger partial charge in [0, 0.05) is 15.5 Å². The summed E-state index contributed by atoms with van der Waals surface area (Å²) in [7, 11) is -4.07. The topological polar surface area (TPSA) is 46.2 Å². The molecule has 2 rings (SSSR count). The molecule has 0 amide bonds. The van der Waals surface area contributed by atoms with Crippen LogP contribution >= 0.6 is 31.9 Å². The van der Waals surface area contributed by atoms with Gasteiger partial charge in [0.1, 0.15) is 0 Å². The Morgan fingerprint density at radius 3 is 2.13 bits per heavy atom.